The van der Waals surface area contributed by atoms with E-state index in [1.807, 2.05) is 9.58 Å². The van der Waals surface area contributed by atoms with Crippen molar-refractivity contribution >= 4 is 5.91 Å². The molecule has 4 aliphatic heterocycles. The summed E-state index contributed by atoms with van der Waals surface area (Å²) in [5.74, 6) is 0.290. The third kappa shape index (κ3) is 1.84. The monoisotopic (exact) mass is 276 g/mol. The minimum atomic E-state index is 0.0663. The van der Waals surface area contributed by atoms with Crippen molar-refractivity contribution in [1.29, 1.82) is 0 Å². The Labute approximate surface area is 118 Å². The van der Waals surface area contributed by atoms with Gasteiger partial charge in [-0.25, -0.2) is 9.67 Å². The first-order valence-electron chi connectivity index (χ1n) is 7.33. The summed E-state index contributed by atoms with van der Waals surface area (Å²) in [6, 6.07) is 0.959. The fraction of sp³-hybridized carbons (Fsp3) is 0.769. The highest BCUT2D eigenvalue weighted by molar-refractivity contribution is 5.83. The number of nitrogens with zero attached hydrogens (tertiary/aromatic N) is 6. The largest absolute Gasteiger partial charge is 0.337 e. The van der Waals surface area contributed by atoms with Gasteiger partial charge < -0.3 is 4.90 Å². The molecule has 0 aliphatic carbocycles. The second-order valence-electron chi connectivity index (χ2n) is 6.13. The van der Waals surface area contributed by atoms with E-state index in [-0.39, 0.29) is 11.9 Å². The van der Waals surface area contributed by atoms with Crippen molar-refractivity contribution in [1.82, 2.24) is 29.5 Å². The molecule has 1 aromatic rings. The Morgan fingerprint density at radius 2 is 1.95 bits per heavy atom. The van der Waals surface area contributed by atoms with Gasteiger partial charge in [-0.3, -0.25) is 14.6 Å². The van der Waals surface area contributed by atoms with Crippen LogP contribution in [-0.2, 0) is 4.79 Å². The smallest absolute Gasteiger partial charge is 0.241 e. The molecule has 0 aromatic carbocycles. The van der Waals surface area contributed by atoms with Gasteiger partial charge in [-0.05, 0) is 6.92 Å². The summed E-state index contributed by atoms with van der Waals surface area (Å²) < 4.78 is 1.85. The van der Waals surface area contributed by atoms with Gasteiger partial charge in [0.2, 0.25) is 5.91 Å². The first-order chi connectivity index (χ1) is 9.72. The first-order valence-corrected chi connectivity index (χ1v) is 7.33. The third-order valence-electron chi connectivity index (χ3n) is 4.91. The van der Waals surface area contributed by atoms with Crippen LogP contribution in [0.25, 0.3) is 0 Å². The Hall–Kier alpha value is -1.47. The quantitative estimate of drug-likeness (QED) is 0.697. The van der Waals surface area contributed by atoms with Gasteiger partial charge in [-0.1, -0.05) is 0 Å². The standard InChI is InChI=1S/C13H20N6O/c1-10-4-17-3-2-16(10)7-12(17)13(20)18-5-11(6-18)19-9-14-8-15-19/h8-12H,2-7H2,1H3. The molecule has 1 amide bonds. The average Bonchev–Trinajstić information content (AvgIpc) is 2.91. The second kappa shape index (κ2) is 4.53. The van der Waals surface area contributed by atoms with Crippen molar-refractivity contribution in [2.24, 2.45) is 0 Å². The highest BCUT2D eigenvalue weighted by Gasteiger charge is 2.44. The van der Waals surface area contributed by atoms with Crippen molar-refractivity contribution < 1.29 is 4.79 Å². The van der Waals surface area contributed by atoms with E-state index in [1.165, 1.54) is 0 Å². The molecule has 1 aromatic heterocycles. The molecule has 7 nitrogen and oxygen atoms in total. The minimum Gasteiger partial charge on any atom is -0.337 e. The number of fused-ring (bicyclic) bond motifs is 3. The van der Waals surface area contributed by atoms with E-state index >= 15 is 0 Å². The lowest BCUT2D eigenvalue weighted by molar-refractivity contribution is -0.150. The molecule has 2 bridgehead atoms. The molecule has 0 spiro atoms. The maximum Gasteiger partial charge on any atom is 0.241 e. The van der Waals surface area contributed by atoms with Crippen LogP contribution in [0.3, 0.4) is 0 Å². The van der Waals surface area contributed by atoms with E-state index in [0.717, 1.165) is 39.3 Å². The van der Waals surface area contributed by atoms with Crippen molar-refractivity contribution in [3.8, 4) is 0 Å². The van der Waals surface area contributed by atoms with Crippen molar-refractivity contribution in [3.63, 3.8) is 0 Å². The Balaban J connectivity index is 1.38. The Morgan fingerprint density at radius 1 is 1.15 bits per heavy atom. The molecule has 0 saturated carbocycles. The fourth-order valence-corrected chi connectivity index (χ4v) is 3.57. The lowest BCUT2D eigenvalue weighted by Gasteiger charge is -2.52. The summed E-state index contributed by atoms with van der Waals surface area (Å²) in [5.41, 5.74) is 0. The summed E-state index contributed by atoms with van der Waals surface area (Å²) in [7, 11) is 0. The predicted molar refractivity (Wildman–Crippen MR) is 72.0 cm³/mol. The molecule has 7 heteroatoms. The first kappa shape index (κ1) is 12.3. The number of amides is 1. The summed E-state index contributed by atoms with van der Waals surface area (Å²) in [5, 5.41) is 4.14. The van der Waals surface area contributed by atoms with Gasteiger partial charge in [0.1, 0.15) is 18.7 Å². The molecule has 4 fully saturated rings. The van der Waals surface area contributed by atoms with Crippen LogP contribution in [-0.4, -0.2) is 86.7 Å². The Morgan fingerprint density at radius 3 is 2.55 bits per heavy atom. The van der Waals surface area contributed by atoms with Crippen molar-refractivity contribution in [2.75, 3.05) is 39.3 Å². The molecule has 4 atom stereocenters. The maximum atomic E-state index is 12.6. The summed E-state index contributed by atoms with van der Waals surface area (Å²) in [6.45, 7) is 7.83. The van der Waals surface area contributed by atoms with E-state index in [9.17, 15) is 4.79 Å². The molecule has 0 radical (unpaired) electrons. The molecular weight excluding hydrogens is 256 g/mol. The molecule has 5 rings (SSSR count). The zero-order valence-corrected chi connectivity index (χ0v) is 11.7. The number of carbonyl (C=O) groups excluding carboxylic acids is 1. The fourth-order valence-electron chi connectivity index (χ4n) is 3.57. The summed E-state index contributed by atoms with van der Waals surface area (Å²) in [6.07, 6.45) is 3.27. The molecule has 5 heterocycles. The molecule has 4 unspecified atom stereocenters. The average molecular weight is 276 g/mol. The van der Waals surface area contributed by atoms with Crippen LogP contribution in [0.5, 0.6) is 0 Å². The van der Waals surface area contributed by atoms with Crippen LogP contribution in [0.15, 0.2) is 12.7 Å². The van der Waals surface area contributed by atoms with Crippen molar-refractivity contribution in [2.45, 2.75) is 25.0 Å². The van der Waals surface area contributed by atoms with Gasteiger partial charge in [-0.15, -0.1) is 0 Å². The lowest BCUT2D eigenvalue weighted by Crippen LogP contribution is -2.69. The number of aromatic nitrogens is 3. The van der Waals surface area contributed by atoms with Gasteiger partial charge in [0.25, 0.3) is 0 Å². The number of likely N-dealkylation sites (tertiary alicyclic amines) is 1. The number of hydrogen-bond donors (Lipinski definition) is 0. The molecule has 0 N–H and O–H groups in total. The van der Waals surface area contributed by atoms with Gasteiger partial charge in [-0.2, -0.15) is 5.10 Å². The minimum absolute atomic E-state index is 0.0663. The number of hydrogen-bond acceptors (Lipinski definition) is 5. The number of rotatable bonds is 2. The van der Waals surface area contributed by atoms with E-state index in [2.05, 4.69) is 26.8 Å². The zero-order chi connectivity index (χ0) is 13.7. The molecule has 4 saturated heterocycles. The normalized spacial score (nSPS) is 37.0. The molecule has 4 aliphatic rings. The zero-order valence-electron chi connectivity index (χ0n) is 11.7. The van der Waals surface area contributed by atoms with E-state index in [4.69, 9.17) is 0 Å². The Bertz CT molecular complexity index is 497. The van der Waals surface area contributed by atoms with Crippen molar-refractivity contribution in [3.05, 3.63) is 12.7 Å². The van der Waals surface area contributed by atoms with Crippen LogP contribution < -0.4 is 0 Å². The Kier molecular flexibility index (Phi) is 2.78. The second-order valence-corrected chi connectivity index (χ2v) is 6.13. The maximum absolute atomic E-state index is 12.6. The van der Waals surface area contributed by atoms with Gasteiger partial charge >= 0.3 is 0 Å². The predicted octanol–water partition coefficient (Wildman–Crippen LogP) is -0.950. The molecule has 108 valence electrons. The number of piperazine rings is 3. The molecular formula is C13H20N6O. The SMILES string of the molecule is CC1CN2CCN1CC2C(=O)N1CC(n2cncn2)C1. The molecule has 20 heavy (non-hydrogen) atoms. The van der Waals surface area contributed by atoms with Gasteiger partial charge in [0.05, 0.1) is 6.04 Å². The van der Waals surface area contributed by atoms with E-state index < -0.39 is 0 Å². The van der Waals surface area contributed by atoms with Crippen LogP contribution in [0, 0.1) is 0 Å². The van der Waals surface area contributed by atoms with Gasteiger partial charge in [0, 0.05) is 45.3 Å². The highest BCUT2D eigenvalue weighted by Crippen LogP contribution is 2.26. The lowest BCUT2D eigenvalue weighted by atomic mass is 9.99. The topological polar surface area (TPSA) is 57.5 Å². The van der Waals surface area contributed by atoms with Crippen LogP contribution >= 0.6 is 0 Å². The summed E-state index contributed by atoms with van der Waals surface area (Å²) in [4.78, 5) is 23.3. The number of carbonyl (C=O) groups is 1. The van der Waals surface area contributed by atoms with Crippen LogP contribution in [0.1, 0.15) is 13.0 Å². The van der Waals surface area contributed by atoms with Gasteiger partial charge in [0.15, 0.2) is 0 Å². The van der Waals surface area contributed by atoms with E-state index in [1.54, 1.807) is 12.7 Å². The third-order valence-corrected chi connectivity index (χ3v) is 4.91. The highest BCUT2D eigenvalue weighted by atomic mass is 16.2. The van der Waals surface area contributed by atoms with Crippen LogP contribution in [0.4, 0.5) is 0 Å². The summed E-state index contributed by atoms with van der Waals surface area (Å²) >= 11 is 0. The van der Waals surface area contributed by atoms with E-state index in [0.29, 0.717) is 12.1 Å². The van der Waals surface area contributed by atoms with Crippen LogP contribution in [0.2, 0.25) is 0 Å².